The molecule has 1 heterocycles. The number of para-hydroxylation sites is 1. The van der Waals surface area contributed by atoms with E-state index in [1.807, 2.05) is 0 Å². The molecule has 0 saturated heterocycles. The van der Waals surface area contributed by atoms with Crippen LogP contribution in [0.3, 0.4) is 0 Å². The number of nitrogens with zero attached hydrogens (tertiary/aromatic N) is 2. The van der Waals surface area contributed by atoms with Crippen LogP contribution in [0.25, 0.3) is 16.6 Å². The standard InChI is InChI=1S/C20H15F6N3O2S/c1-10(16(30)27-2)32-18-28-14-6-4-3-5-12(14)17(31)29(18)15-9-11(19(21,22)23)7-8-13(15)20(24,25)26/h3-10H,1-2H3,(H,27,30). The van der Waals surface area contributed by atoms with Crippen molar-refractivity contribution in [3.05, 3.63) is 63.9 Å². The number of thioether (sulfide) groups is 1. The summed E-state index contributed by atoms with van der Waals surface area (Å²) >= 11 is 0.651. The molecule has 5 nitrogen and oxygen atoms in total. The molecular formula is C20H15F6N3O2S. The maximum Gasteiger partial charge on any atom is 0.418 e. The predicted octanol–water partition coefficient (Wildman–Crippen LogP) is 4.65. The van der Waals surface area contributed by atoms with E-state index < -0.39 is 45.9 Å². The third-order valence-electron chi connectivity index (χ3n) is 4.51. The van der Waals surface area contributed by atoms with Crippen LogP contribution < -0.4 is 10.9 Å². The average molecular weight is 475 g/mol. The van der Waals surface area contributed by atoms with Crippen molar-refractivity contribution in [2.45, 2.75) is 29.7 Å². The van der Waals surface area contributed by atoms with Crippen molar-refractivity contribution < 1.29 is 31.1 Å². The second-order valence-corrected chi connectivity index (χ2v) is 7.96. The second kappa shape index (κ2) is 8.49. The number of nitrogens with one attached hydrogen (secondary N) is 1. The Morgan fingerprint density at radius 1 is 1.06 bits per heavy atom. The largest absolute Gasteiger partial charge is 0.418 e. The lowest BCUT2D eigenvalue weighted by Gasteiger charge is -2.20. The molecule has 0 aliphatic rings. The second-order valence-electron chi connectivity index (χ2n) is 6.65. The average Bonchev–Trinajstić information content (AvgIpc) is 2.71. The highest BCUT2D eigenvalue weighted by Gasteiger charge is 2.38. The summed E-state index contributed by atoms with van der Waals surface area (Å²) in [6.07, 6.45) is -10.0. The fourth-order valence-corrected chi connectivity index (χ4v) is 3.93. The number of halogens is 6. The molecule has 0 radical (unpaired) electrons. The van der Waals surface area contributed by atoms with Gasteiger partial charge in [-0.25, -0.2) is 4.98 Å². The molecule has 1 aromatic heterocycles. The Morgan fingerprint density at radius 2 is 1.72 bits per heavy atom. The molecule has 0 saturated carbocycles. The van der Waals surface area contributed by atoms with Crippen molar-refractivity contribution in [1.82, 2.24) is 14.9 Å². The van der Waals surface area contributed by atoms with Gasteiger partial charge in [0.05, 0.1) is 33.0 Å². The Labute approximate surface area is 181 Å². The van der Waals surface area contributed by atoms with Crippen LogP contribution in [0.5, 0.6) is 0 Å². The number of aromatic nitrogens is 2. The molecule has 2 aromatic carbocycles. The van der Waals surface area contributed by atoms with E-state index in [1.54, 1.807) is 6.07 Å². The normalized spacial score (nSPS) is 13.2. The van der Waals surface area contributed by atoms with Gasteiger partial charge in [-0.05, 0) is 37.3 Å². The minimum atomic E-state index is -5.06. The summed E-state index contributed by atoms with van der Waals surface area (Å²) < 4.78 is 81.4. The minimum absolute atomic E-state index is 0.0880. The third-order valence-corrected chi connectivity index (χ3v) is 5.57. The zero-order valence-electron chi connectivity index (χ0n) is 16.5. The van der Waals surface area contributed by atoms with Crippen LogP contribution >= 0.6 is 11.8 Å². The maximum atomic E-state index is 13.7. The van der Waals surface area contributed by atoms with Gasteiger partial charge in [0.1, 0.15) is 0 Å². The molecule has 3 aromatic rings. The summed E-state index contributed by atoms with van der Waals surface area (Å²) in [5, 5.41) is 1.01. The number of benzene rings is 2. The Morgan fingerprint density at radius 3 is 2.31 bits per heavy atom. The topological polar surface area (TPSA) is 64.0 Å². The molecule has 0 aliphatic carbocycles. The molecule has 3 rings (SSSR count). The van der Waals surface area contributed by atoms with Gasteiger partial charge < -0.3 is 5.32 Å². The number of hydrogen-bond donors (Lipinski definition) is 1. The van der Waals surface area contributed by atoms with Crippen LogP contribution in [0.1, 0.15) is 18.1 Å². The Kier molecular flexibility index (Phi) is 6.27. The van der Waals surface area contributed by atoms with E-state index in [0.29, 0.717) is 22.4 Å². The van der Waals surface area contributed by atoms with Crippen LogP contribution in [0, 0.1) is 0 Å². The summed E-state index contributed by atoms with van der Waals surface area (Å²) in [4.78, 5) is 29.3. The first-order valence-corrected chi connectivity index (χ1v) is 9.91. The summed E-state index contributed by atoms with van der Waals surface area (Å²) in [5.41, 5.74) is -4.70. The fraction of sp³-hybridized carbons (Fsp3) is 0.250. The molecular weight excluding hydrogens is 460 g/mol. The fourth-order valence-electron chi connectivity index (χ4n) is 2.95. The molecule has 0 spiro atoms. The molecule has 1 unspecified atom stereocenters. The lowest BCUT2D eigenvalue weighted by molar-refractivity contribution is -0.141. The molecule has 12 heteroatoms. The van der Waals surface area contributed by atoms with Gasteiger partial charge in [0.2, 0.25) is 5.91 Å². The summed E-state index contributed by atoms with van der Waals surface area (Å²) in [5.74, 6) is -0.510. The van der Waals surface area contributed by atoms with E-state index in [4.69, 9.17) is 0 Å². The Hall–Kier alpha value is -3.02. The number of amides is 1. The SMILES string of the molecule is CNC(=O)C(C)Sc1nc2ccccc2c(=O)n1-c1cc(C(F)(F)F)ccc1C(F)(F)F. The van der Waals surface area contributed by atoms with Crippen molar-refractivity contribution in [3.63, 3.8) is 0 Å². The van der Waals surface area contributed by atoms with Crippen LogP contribution in [0.2, 0.25) is 0 Å². The van der Waals surface area contributed by atoms with Crippen molar-refractivity contribution in [2.24, 2.45) is 0 Å². The summed E-state index contributed by atoms with van der Waals surface area (Å²) in [6, 6.07) is 6.57. The van der Waals surface area contributed by atoms with Crippen LogP contribution in [0.15, 0.2) is 52.4 Å². The van der Waals surface area contributed by atoms with Crippen molar-refractivity contribution >= 4 is 28.6 Å². The van der Waals surface area contributed by atoms with E-state index in [9.17, 15) is 35.9 Å². The first kappa shape index (κ1) is 23.6. The number of carbonyl (C=O) groups excluding carboxylic acids is 1. The molecule has 0 fully saturated rings. The number of carbonyl (C=O) groups is 1. The van der Waals surface area contributed by atoms with Gasteiger partial charge in [-0.1, -0.05) is 23.9 Å². The third kappa shape index (κ3) is 4.59. The number of hydrogen-bond acceptors (Lipinski definition) is 4. The molecule has 1 atom stereocenters. The van der Waals surface area contributed by atoms with Crippen LogP contribution in [-0.4, -0.2) is 27.8 Å². The maximum absolute atomic E-state index is 13.7. The molecule has 1 amide bonds. The quantitative estimate of drug-likeness (QED) is 0.339. The first-order chi connectivity index (χ1) is 14.8. The number of alkyl halides is 6. The van der Waals surface area contributed by atoms with E-state index in [1.165, 1.54) is 32.2 Å². The minimum Gasteiger partial charge on any atom is -0.358 e. The summed E-state index contributed by atoms with van der Waals surface area (Å²) in [6.45, 7) is 1.42. The van der Waals surface area contributed by atoms with Gasteiger partial charge in [-0.15, -0.1) is 0 Å². The molecule has 0 bridgehead atoms. The zero-order valence-corrected chi connectivity index (χ0v) is 17.3. The molecule has 0 aliphatic heterocycles. The highest BCUT2D eigenvalue weighted by Crippen LogP contribution is 2.39. The first-order valence-electron chi connectivity index (χ1n) is 9.03. The number of rotatable bonds is 4. The van der Waals surface area contributed by atoms with Crippen molar-refractivity contribution in [1.29, 1.82) is 0 Å². The van der Waals surface area contributed by atoms with Gasteiger partial charge in [0, 0.05) is 7.05 Å². The van der Waals surface area contributed by atoms with E-state index in [2.05, 4.69) is 10.3 Å². The molecule has 170 valence electrons. The smallest absolute Gasteiger partial charge is 0.358 e. The van der Waals surface area contributed by atoms with E-state index >= 15 is 0 Å². The monoisotopic (exact) mass is 475 g/mol. The van der Waals surface area contributed by atoms with Crippen molar-refractivity contribution in [3.8, 4) is 5.69 Å². The van der Waals surface area contributed by atoms with Gasteiger partial charge in [0.25, 0.3) is 5.56 Å². The van der Waals surface area contributed by atoms with Gasteiger partial charge in [0.15, 0.2) is 5.16 Å². The Bertz CT molecular complexity index is 1240. The lowest BCUT2D eigenvalue weighted by atomic mass is 10.1. The molecule has 32 heavy (non-hydrogen) atoms. The van der Waals surface area contributed by atoms with Crippen LogP contribution in [-0.2, 0) is 17.1 Å². The Balaban J connectivity index is 2.41. The van der Waals surface area contributed by atoms with E-state index in [-0.39, 0.29) is 28.2 Å². The van der Waals surface area contributed by atoms with Crippen molar-refractivity contribution in [2.75, 3.05) is 7.05 Å². The highest BCUT2D eigenvalue weighted by atomic mass is 32.2. The zero-order chi connectivity index (χ0) is 23.8. The molecule has 1 N–H and O–H groups in total. The van der Waals surface area contributed by atoms with E-state index in [0.717, 1.165) is 0 Å². The van der Waals surface area contributed by atoms with Crippen LogP contribution in [0.4, 0.5) is 26.3 Å². The van der Waals surface area contributed by atoms with Gasteiger partial charge >= 0.3 is 12.4 Å². The highest BCUT2D eigenvalue weighted by molar-refractivity contribution is 8.00. The van der Waals surface area contributed by atoms with Gasteiger partial charge in [-0.2, -0.15) is 26.3 Å². The lowest BCUT2D eigenvalue weighted by Crippen LogP contribution is -2.30. The van der Waals surface area contributed by atoms with Gasteiger partial charge in [-0.3, -0.25) is 14.2 Å². The predicted molar refractivity (Wildman–Crippen MR) is 107 cm³/mol. The summed E-state index contributed by atoms with van der Waals surface area (Å²) in [7, 11) is 1.34. The number of fused-ring (bicyclic) bond motifs is 1.